The second kappa shape index (κ2) is 9.68. The molecule has 1 fully saturated rings. The van der Waals surface area contributed by atoms with Gasteiger partial charge in [-0.25, -0.2) is 9.67 Å². The van der Waals surface area contributed by atoms with Crippen LogP contribution in [0, 0.1) is 0 Å². The quantitative estimate of drug-likeness (QED) is 0.522. The molecular weight excluding hydrogens is 392 g/mol. The van der Waals surface area contributed by atoms with Crippen LogP contribution in [0.25, 0.3) is 0 Å². The van der Waals surface area contributed by atoms with Gasteiger partial charge in [0.05, 0.1) is 13.7 Å². The molecule has 1 aliphatic carbocycles. The molecule has 1 atom stereocenters. The summed E-state index contributed by atoms with van der Waals surface area (Å²) in [6, 6.07) is 8.80. The van der Waals surface area contributed by atoms with E-state index in [1.807, 2.05) is 17.8 Å². The van der Waals surface area contributed by atoms with Crippen LogP contribution in [-0.2, 0) is 29.7 Å². The molecule has 8 heteroatoms. The molecule has 2 heterocycles. The van der Waals surface area contributed by atoms with Gasteiger partial charge in [-0.1, -0.05) is 25.0 Å². The number of aromatic nitrogens is 3. The van der Waals surface area contributed by atoms with Crippen LogP contribution in [0.1, 0.15) is 49.3 Å². The summed E-state index contributed by atoms with van der Waals surface area (Å²) in [5.74, 6) is 3.56. The van der Waals surface area contributed by atoms with Gasteiger partial charge in [-0.05, 0) is 37.0 Å². The maximum atomic E-state index is 5.47. The minimum absolute atomic E-state index is 0.118. The Balaban J connectivity index is 1.39. The van der Waals surface area contributed by atoms with E-state index >= 15 is 0 Å². The number of ether oxygens (including phenoxy) is 2. The number of hydrogen-bond donors (Lipinski definition) is 2. The maximum Gasteiger partial charge on any atom is 0.191 e. The number of nitrogens with one attached hydrogen (secondary N) is 2. The van der Waals surface area contributed by atoms with Crippen molar-refractivity contribution in [3.05, 3.63) is 41.5 Å². The van der Waals surface area contributed by atoms with E-state index in [1.54, 1.807) is 14.2 Å². The van der Waals surface area contributed by atoms with Gasteiger partial charge in [0.25, 0.3) is 0 Å². The Morgan fingerprint density at radius 2 is 2.13 bits per heavy atom. The molecule has 1 aliphatic heterocycles. The van der Waals surface area contributed by atoms with Gasteiger partial charge >= 0.3 is 0 Å². The van der Waals surface area contributed by atoms with Gasteiger partial charge in [0.15, 0.2) is 11.8 Å². The lowest BCUT2D eigenvalue weighted by molar-refractivity contribution is 0.177. The zero-order valence-corrected chi connectivity index (χ0v) is 18.9. The molecule has 0 amide bonds. The largest absolute Gasteiger partial charge is 0.497 e. The number of aliphatic imine (C=N–C) groups is 1. The maximum absolute atomic E-state index is 5.47. The van der Waals surface area contributed by atoms with E-state index in [0.717, 1.165) is 49.3 Å². The molecule has 1 unspecified atom stereocenters. The van der Waals surface area contributed by atoms with Crippen LogP contribution >= 0.6 is 0 Å². The average molecular weight is 427 g/mol. The highest BCUT2D eigenvalue weighted by molar-refractivity contribution is 5.80. The molecule has 168 valence electrons. The van der Waals surface area contributed by atoms with E-state index in [9.17, 15) is 0 Å². The number of fused-ring (bicyclic) bond motifs is 1. The lowest BCUT2D eigenvalue weighted by Crippen LogP contribution is -2.50. The normalized spacial score (nSPS) is 20.4. The Kier molecular flexibility index (Phi) is 6.75. The van der Waals surface area contributed by atoms with Crippen LogP contribution in [0.2, 0.25) is 0 Å². The fourth-order valence-electron chi connectivity index (χ4n) is 4.88. The van der Waals surface area contributed by atoms with Crippen LogP contribution in [0.4, 0.5) is 0 Å². The van der Waals surface area contributed by atoms with E-state index in [2.05, 4.69) is 43.9 Å². The molecule has 0 bridgehead atoms. The average Bonchev–Trinajstić information content (AvgIpc) is 3.44. The molecule has 0 saturated heterocycles. The first-order valence-electron chi connectivity index (χ1n) is 11.2. The summed E-state index contributed by atoms with van der Waals surface area (Å²) in [6.45, 7) is 2.10. The van der Waals surface area contributed by atoms with E-state index < -0.39 is 0 Å². The van der Waals surface area contributed by atoms with Gasteiger partial charge in [0, 0.05) is 38.6 Å². The van der Waals surface area contributed by atoms with E-state index in [4.69, 9.17) is 9.47 Å². The minimum Gasteiger partial charge on any atom is -0.497 e. The van der Waals surface area contributed by atoms with Gasteiger partial charge in [-0.15, -0.1) is 0 Å². The van der Waals surface area contributed by atoms with Crippen molar-refractivity contribution in [1.82, 2.24) is 25.4 Å². The number of hydrogen-bond acceptors (Lipinski definition) is 5. The monoisotopic (exact) mass is 426 g/mol. The van der Waals surface area contributed by atoms with Crippen molar-refractivity contribution in [1.29, 1.82) is 0 Å². The third-order valence-corrected chi connectivity index (χ3v) is 6.58. The Morgan fingerprint density at radius 1 is 1.29 bits per heavy atom. The number of benzene rings is 1. The van der Waals surface area contributed by atoms with Crippen molar-refractivity contribution in [2.24, 2.45) is 4.99 Å². The number of guanidine groups is 1. The molecule has 4 rings (SSSR count). The van der Waals surface area contributed by atoms with E-state index in [0.29, 0.717) is 6.61 Å². The molecule has 0 spiro atoms. The molecule has 2 aliphatic rings. The topological polar surface area (TPSA) is 85.6 Å². The lowest BCUT2D eigenvalue weighted by atomic mass is 9.78. The minimum atomic E-state index is 0.118. The van der Waals surface area contributed by atoms with Crippen LogP contribution < -0.4 is 15.4 Å². The molecule has 2 aromatic rings. The Hall–Kier alpha value is -2.61. The second-order valence-corrected chi connectivity index (χ2v) is 8.58. The number of aryl methyl sites for hydroxylation is 1. The zero-order valence-electron chi connectivity index (χ0n) is 18.9. The molecule has 2 N–H and O–H groups in total. The molecule has 31 heavy (non-hydrogen) atoms. The molecular formula is C23H34N6O2. The van der Waals surface area contributed by atoms with Gasteiger partial charge in [0.2, 0.25) is 0 Å². The second-order valence-electron chi connectivity index (χ2n) is 8.58. The Bertz CT molecular complexity index is 903. The van der Waals surface area contributed by atoms with Crippen molar-refractivity contribution in [2.75, 3.05) is 27.8 Å². The molecule has 8 nitrogen and oxygen atoms in total. The van der Waals surface area contributed by atoms with Gasteiger partial charge in [-0.3, -0.25) is 4.99 Å². The molecule has 1 saturated carbocycles. The summed E-state index contributed by atoms with van der Waals surface area (Å²) in [5, 5.41) is 11.8. The van der Waals surface area contributed by atoms with Crippen molar-refractivity contribution < 1.29 is 9.47 Å². The predicted molar refractivity (Wildman–Crippen MR) is 120 cm³/mol. The summed E-state index contributed by atoms with van der Waals surface area (Å²) in [4.78, 5) is 9.06. The summed E-state index contributed by atoms with van der Waals surface area (Å²) in [7, 11) is 5.23. The van der Waals surface area contributed by atoms with Crippen molar-refractivity contribution >= 4 is 5.96 Å². The van der Waals surface area contributed by atoms with Gasteiger partial charge in [0.1, 0.15) is 18.2 Å². The number of methoxy groups -OCH3 is 2. The standard InChI is InChI=1S/C23H34N6O2/c1-24-22(26-18-9-10-21-27-20(15-30-2)28-29(21)14-18)25-16-23(11-4-5-12-23)17-7-6-8-19(13-17)31-3/h6-8,13,18H,4-5,9-12,14-16H2,1-3H3,(H2,24,25,26). The SMILES string of the molecule is CN=C(NCC1(c2cccc(OC)c2)CCCC1)NC1CCc2nc(COC)nn2C1. The summed E-state index contributed by atoms with van der Waals surface area (Å²) in [6.07, 6.45) is 6.78. The molecule has 1 aromatic carbocycles. The number of nitrogens with zero attached hydrogens (tertiary/aromatic N) is 4. The van der Waals surface area contributed by atoms with Crippen molar-refractivity contribution in [2.45, 2.75) is 63.1 Å². The highest BCUT2D eigenvalue weighted by Crippen LogP contribution is 2.41. The predicted octanol–water partition coefficient (Wildman–Crippen LogP) is 2.42. The lowest BCUT2D eigenvalue weighted by Gasteiger charge is -2.32. The Labute approximate surface area is 184 Å². The van der Waals surface area contributed by atoms with E-state index in [1.165, 1.54) is 31.2 Å². The van der Waals surface area contributed by atoms with Crippen molar-refractivity contribution in [3.8, 4) is 5.75 Å². The fourth-order valence-corrected chi connectivity index (χ4v) is 4.88. The van der Waals surface area contributed by atoms with Crippen LogP contribution in [0.3, 0.4) is 0 Å². The first-order chi connectivity index (χ1) is 15.2. The van der Waals surface area contributed by atoms with Crippen LogP contribution in [-0.4, -0.2) is 54.6 Å². The fraction of sp³-hybridized carbons (Fsp3) is 0.609. The van der Waals surface area contributed by atoms with Crippen LogP contribution in [0.15, 0.2) is 29.3 Å². The Morgan fingerprint density at radius 3 is 2.87 bits per heavy atom. The molecule has 0 radical (unpaired) electrons. The zero-order chi connectivity index (χ0) is 21.7. The molecule has 1 aromatic heterocycles. The smallest absolute Gasteiger partial charge is 0.191 e. The highest BCUT2D eigenvalue weighted by atomic mass is 16.5. The summed E-state index contributed by atoms with van der Waals surface area (Å²) >= 11 is 0. The third-order valence-electron chi connectivity index (χ3n) is 6.58. The van der Waals surface area contributed by atoms with Gasteiger partial charge in [-0.2, -0.15) is 5.10 Å². The van der Waals surface area contributed by atoms with Gasteiger partial charge < -0.3 is 20.1 Å². The first-order valence-corrected chi connectivity index (χ1v) is 11.2. The summed E-state index contributed by atoms with van der Waals surface area (Å²) in [5.41, 5.74) is 1.47. The van der Waals surface area contributed by atoms with Crippen molar-refractivity contribution in [3.63, 3.8) is 0 Å². The first kappa shape index (κ1) is 21.6. The number of rotatable bonds is 7. The summed E-state index contributed by atoms with van der Waals surface area (Å²) < 4.78 is 12.6. The van der Waals surface area contributed by atoms with Crippen LogP contribution in [0.5, 0.6) is 5.75 Å². The van der Waals surface area contributed by atoms with E-state index in [-0.39, 0.29) is 11.5 Å². The highest BCUT2D eigenvalue weighted by Gasteiger charge is 2.36. The third kappa shape index (κ3) is 4.84.